The van der Waals surface area contributed by atoms with Crippen molar-refractivity contribution in [3.05, 3.63) is 340 Å². The number of nitrogens with zero attached hydrogens (tertiary/aromatic N) is 8. The molecule has 0 amide bonds. The van der Waals surface area contributed by atoms with Gasteiger partial charge in [-0.3, -0.25) is 0 Å². The normalized spacial score (nSPS) is 11.6. The molecule has 14 aromatic carbocycles. The quantitative estimate of drug-likeness (QED) is 0.134. The van der Waals surface area contributed by atoms with Crippen LogP contribution in [0, 0.1) is 0 Å². The number of thiophene rings is 1. The Morgan fingerprint density at radius 2 is 0.570 bits per heavy atom. The third-order valence-corrected chi connectivity index (χ3v) is 20.0. The number of aromatic nitrogens is 8. The Morgan fingerprint density at radius 3 is 1.04 bits per heavy atom. The summed E-state index contributed by atoms with van der Waals surface area (Å²) in [6.07, 6.45) is 0. The lowest BCUT2D eigenvalue weighted by atomic mass is 9.98. The standard InChI is InChI=1S/C45H28N4O.C45H28N4S/c1-4-15-29(16-5-1)32-23-14-24-35(45-47-43(30-17-6-2-7-18-30)46-44(48-45)31-19-8-3-9-20-31)42(32)49-38-25-12-10-21-33(38)36-27-37-34-22-11-13-26-40(34)50-41(37)28-39(36)49;1-4-15-29(16-5-1)32-23-14-24-35(45-47-43(30-17-6-2-7-18-30)46-44(48-45)31-19-8-3-9-20-31)42(32)49-38-25-12-10-21-33(38)36-28-41-37(27-39(36)49)34-22-11-13-26-40(34)50-41/h2*1-28H. The van der Waals surface area contributed by atoms with Crippen LogP contribution in [0.1, 0.15) is 0 Å². The lowest BCUT2D eigenvalue weighted by molar-refractivity contribution is 0.669. The molecule has 0 unspecified atom stereocenters. The van der Waals surface area contributed by atoms with Gasteiger partial charge in [-0.25, -0.2) is 29.9 Å². The second-order valence-corrected chi connectivity index (χ2v) is 25.9. The topological polar surface area (TPSA) is 100 Å². The number of furan rings is 1. The first-order chi connectivity index (χ1) is 49.6. The van der Waals surface area contributed by atoms with Crippen molar-refractivity contribution in [2.75, 3.05) is 0 Å². The number of benzene rings is 14. The molecule has 20 aromatic rings. The molecule has 6 aromatic heterocycles. The number of rotatable bonds is 10. The summed E-state index contributed by atoms with van der Waals surface area (Å²) in [5, 5.41) is 9.50. The van der Waals surface area contributed by atoms with Crippen molar-refractivity contribution in [3.8, 4) is 102 Å². The molecule has 100 heavy (non-hydrogen) atoms. The molecule has 0 saturated heterocycles. The lowest BCUT2D eigenvalue weighted by Gasteiger charge is -2.19. The lowest BCUT2D eigenvalue weighted by Crippen LogP contribution is -2.05. The van der Waals surface area contributed by atoms with Gasteiger partial charge in [0.1, 0.15) is 11.2 Å². The van der Waals surface area contributed by atoms with Crippen LogP contribution >= 0.6 is 11.3 Å². The van der Waals surface area contributed by atoms with Crippen LogP contribution in [-0.2, 0) is 0 Å². The number of para-hydroxylation sites is 5. The first-order valence-electron chi connectivity index (χ1n) is 33.4. The highest BCUT2D eigenvalue weighted by Crippen LogP contribution is 2.47. The predicted octanol–water partition coefficient (Wildman–Crippen LogP) is 23.5. The average Bonchev–Trinajstić information content (AvgIpc) is 1.55. The summed E-state index contributed by atoms with van der Waals surface area (Å²) in [4.78, 5) is 30.8. The van der Waals surface area contributed by atoms with Crippen LogP contribution < -0.4 is 0 Å². The van der Waals surface area contributed by atoms with E-state index in [-0.39, 0.29) is 0 Å². The van der Waals surface area contributed by atoms with Gasteiger partial charge in [0.05, 0.1) is 33.4 Å². The molecule has 0 aliphatic carbocycles. The fourth-order valence-corrected chi connectivity index (χ4v) is 15.5. The van der Waals surface area contributed by atoms with E-state index in [0.29, 0.717) is 34.9 Å². The van der Waals surface area contributed by atoms with Gasteiger partial charge in [0.2, 0.25) is 0 Å². The van der Waals surface area contributed by atoms with E-state index in [0.717, 1.165) is 122 Å². The Hall–Kier alpha value is -13.3. The predicted molar refractivity (Wildman–Crippen MR) is 412 cm³/mol. The Morgan fingerprint density at radius 1 is 0.210 bits per heavy atom. The molecule has 0 N–H and O–H groups in total. The van der Waals surface area contributed by atoms with Gasteiger partial charge in [0, 0.05) is 103 Å². The van der Waals surface area contributed by atoms with Crippen LogP contribution in [0.15, 0.2) is 344 Å². The van der Waals surface area contributed by atoms with Gasteiger partial charge in [0.25, 0.3) is 0 Å². The van der Waals surface area contributed by atoms with E-state index < -0.39 is 0 Å². The van der Waals surface area contributed by atoms with Gasteiger partial charge in [-0.05, 0) is 65.7 Å². The van der Waals surface area contributed by atoms with E-state index in [9.17, 15) is 0 Å². The highest BCUT2D eigenvalue weighted by atomic mass is 32.1. The van der Waals surface area contributed by atoms with Crippen LogP contribution in [0.2, 0.25) is 0 Å². The molecule has 0 aliphatic heterocycles. The molecular formula is C90H56N8OS. The Balaban J connectivity index is 0.000000139. The van der Waals surface area contributed by atoms with E-state index in [2.05, 4.69) is 240 Å². The van der Waals surface area contributed by atoms with E-state index in [1.807, 2.05) is 121 Å². The zero-order valence-electron chi connectivity index (χ0n) is 53.7. The summed E-state index contributed by atoms with van der Waals surface area (Å²) >= 11 is 1.85. The van der Waals surface area contributed by atoms with Crippen molar-refractivity contribution >= 4 is 97.1 Å². The van der Waals surface area contributed by atoms with Crippen LogP contribution in [-0.4, -0.2) is 39.0 Å². The van der Waals surface area contributed by atoms with Crippen molar-refractivity contribution in [1.29, 1.82) is 0 Å². The van der Waals surface area contributed by atoms with Crippen molar-refractivity contribution in [2.24, 2.45) is 0 Å². The summed E-state index contributed by atoms with van der Waals surface area (Å²) in [6.45, 7) is 0. The molecule has 468 valence electrons. The van der Waals surface area contributed by atoms with Crippen LogP contribution in [0.3, 0.4) is 0 Å². The summed E-state index contributed by atoms with van der Waals surface area (Å²) in [7, 11) is 0. The summed E-state index contributed by atoms with van der Waals surface area (Å²) in [5.41, 5.74) is 18.1. The van der Waals surface area contributed by atoms with Gasteiger partial charge < -0.3 is 13.6 Å². The Labute approximate surface area is 578 Å². The zero-order valence-corrected chi connectivity index (χ0v) is 54.5. The van der Waals surface area contributed by atoms with Gasteiger partial charge in [-0.1, -0.05) is 279 Å². The maximum Gasteiger partial charge on any atom is 0.166 e. The third kappa shape index (κ3) is 10.1. The fourth-order valence-electron chi connectivity index (χ4n) is 14.3. The van der Waals surface area contributed by atoms with Crippen molar-refractivity contribution in [1.82, 2.24) is 39.0 Å². The Kier molecular flexibility index (Phi) is 14.2. The first kappa shape index (κ1) is 58.1. The summed E-state index contributed by atoms with van der Waals surface area (Å²) < 4.78 is 13.8. The minimum absolute atomic E-state index is 0.598. The van der Waals surface area contributed by atoms with Crippen LogP contribution in [0.4, 0.5) is 0 Å². The molecule has 0 radical (unpaired) electrons. The number of fused-ring (bicyclic) bond motifs is 12. The maximum atomic E-state index is 6.46. The summed E-state index contributed by atoms with van der Waals surface area (Å²) in [5.74, 6) is 3.74. The second-order valence-electron chi connectivity index (χ2n) is 24.8. The highest BCUT2D eigenvalue weighted by molar-refractivity contribution is 7.25. The minimum Gasteiger partial charge on any atom is -0.456 e. The zero-order chi connectivity index (χ0) is 66.0. The molecule has 20 rings (SSSR count). The molecule has 9 nitrogen and oxygen atoms in total. The Bertz CT molecular complexity index is 6380. The average molecular weight is 1300 g/mol. The van der Waals surface area contributed by atoms with Crippen molar-refractivity contribution in [3.63, 3.8) is 0 Å². The molecule has 0 atom stereocenters. The van der Waals surface area contributed by atoms with Gasteiger partial charge in [-0.15, -0.1) is 11.3 Å². The first-order valence-corrected chi connectivity index (χ1v) is 34.2. The van der Waals surface area contributed by atoms with Gasteiger partial charge >= 0.3 is 0 Å². The maximum absolute atomic E-state index is 6.46. The highest BCUT2D eigenvalue weighted by Gasteiger charge is 2.27. The monoisotopic (exact) mass is 1300 g/mol. The van der Waals surface area contributed by atoms with Crippen molar-refractivity contribution < 1.29 is 4.42 Å². The molecule has 0 bridgehead atoms. The minimum atomic E-state index is 0.598. The number of hydrogen-bond acceptors (Lipinski definition) is 8. The van der Waals surface area contributed by atoms with Gasteiger partial charge in [-0.2, -0.15) is 0 Å². The van der Waals surface area contributed by atoms with Gasteiger partial charge in [0.15, 0.2) is 34.9 Å². The largest absolute Gasteiger partial charge is 0.456 e. The fraction of sp³-hybridized carbons (Fsp3) is 0. The SMILES string of the molecule is c1ccc(-c2nc(-c3ccccc3)nc(-c3cccc(-c4ccccc4)c3-n3c4ccccc4c4cc5c(cc43)oc3ccccc35)n2)cc1.c1ccc(-c2nc(-c3ccccc3)nc(-c3cccc(-c4ccccc4)c3-n3c4ccccc4c4cc5sc6ccccc6c5cc43)n2)cc1. The molecule has 0 fully saturated rings. The molecular weight excluding hydrogens is 1240 g/mol. The molecule has 0 aliphatic rings. The van der Waals surface area contributed by atoms with Crippen LogP contribution in [0.25, 0.3) is 188 Å². The van der Waals surface area contributed by atoms with Crippen LogP contribution in [0.5, 0.6) is 0 Å². The second kappa shape index (κ2) is 24.4. The van der Waals surface area contributed by atoms with E-state index in [1.54, 1.807) is 0 Å². The van der Waals surface area contributed by atoms with E-state index in [1.165, 1.54) is 30.9 Å². The van der Waals surface area contributed by atoms with Crippen molar-refractivity contribution in [2.45, 2.75) is 0 Å². The van der Waals surface area contributed by atoms with E-state index >= 15 is 0 Å². The van der Waals surface area contributed by atoms with E-state index in [4.69, 9.17) is 34.3 Å². The molecule has 6 heterocycles. The smallest absolute Gasteiger partial charge is 0.166 e. The summed E-state index contributed by atoms with van der Waals surface area (Å²) in [6, 6.07) is 118. The number of hydrogen-bond donors (Lipinski definition) is 0. The third-order valence-electron chi connectivity index (χ3n) is 18.9. The molecule has 10 heteroatoms. The molecule has 0 saturated carbocycles. The molecule has 0 spiro atoms.